The average molecular weight is 268 g/mol. The smallest absolute Gasteiger partial charge is 0.327 e. The van der Waals surface area contributed by atoms with Crippen LogP contribution in [-0.4, -0.2) is 20.6 Å². The summed E-state index contributed by atoms with van der Waals surface area (Å²) in [7, 11) is 0. The Kier molecular flexibility index (Phi) is 4.76. The van der Waals surface area contributed by atoms with Crippen LogP contribution in [0.4, 0.5) is 5.69 Å². The van der Waals surface area contributed by atoms with Crippen molar-refractivity contribution in [1.82, 2.24) is 9.13 Å². The molecule has 19 heavy (non-hydrogen) atoms. The maximum absolute atomic E-state index is 12.0. The van der Waals surface area contributed by atoms with E-state index in [0.29, 0.717) is 18.5 Å². The molecule has 0 fully saturated rings. The van der Waals surface area contributed by atoms with E-state index in [2.05, 4.69) is 6.58 Å². The molecule has 0 unspecified atom stereocenters. The maximum Gasteiger partial charge on any atom is 0.350 e. The van der Waals surface area contributed by atoms with Crippen molar-refractivity contribution in [2.45, 2.75) is 26.4 Å². The highest BCUT2D eigenvalue weighted by Crippen LogP contribution is 2.02. The molecule has 0 spiro atoms. The highest BCUT2D eigenvalue weighted by Gasteiger charge is 2.19. The van der Waals surface area contributed by atoms with Crippen LogP contribution in [0.3, 0.4) is 0 Å². The Morgan fingerprint density at radius 1 is 1.53 bits per heavy atom. The molecule has 0 radical (unpaired) electrons. The van der Waals surface area contributed by atoms with Crippen molar-refractivity contribution in [3.8, 4) is 0 Å². The molecule has 1 aromatic heterocycles. The summed E-state index contributed by atoms with van der Waals surface area (Å²) in [5.41, 5.74) is 3.65. The van der Waals surface area contributed by atoms with Crippen molar-refractivity contribution < 1.29 is 4.92 Å². The van der Waals surface area contributed by atoms with Crippen molar-refractivity contribution in [1.29, 1.82) is 0 Å². The van der Waals surface area contributed by atoms with Gasteiger partial charge in [0.1, 0.15) is 0 Å². The average Bonchev–Trinajstić information content (AvgIpc) is 2.37. The molecule has 0 amide bonds. The van der Waals surface area contributed by atoms with Crippen molar-refractivity contribution >= 4 is 5.69 Å². The van der Waals surface area contributed by atoms with Gasteiger partial charge in [-0.2, -0.15) is 0 Å². The lowest BCUT2D eigenvalue weighted by atomic mass is 10.3. The van der Waals surface area contributed by atoms with Crippen LogP contribution in [0.15, 0.2) is 27.9 Å². The molecule has 0 saturated carbocycles. The molecule has 1 aromatic rings. The summed E-state index contributed by atoms with van der Waals surface area (Å²) < 4.78 is 1.95. The van der Waals surface area contributed by atoms with Crippen molar-refractivity contribution in [3.05, 3.63) is 49.3 Å². The number of nitrogens with two attached hydrogens (primary N) is 1. The number of aromatic nitrogens is 2. The molecule has 1 heterocycles. The summed E-state index contributed by atoms with van der Waals surface area (Å²) in [6.07, 6.45) is 1.60. The second-order valence-electron chi connectivity index (χ2n) is 4.09. The molecule has 0 aliphatic rings. The number of rotatable bonds is 6. The van der Waals surface area contributed by atoms with Gasteiger partial charge in [-0.15, -0.1) is 0 Å². The Balaban J connectivity index is 3.50. The lowest BCUT2D eigenvalue weighted by molar-refractivity contribution is -0.387. The van der Waals surface area contributed by atoms with E-state index in [1.165, 1.54) is 0 Å². The van der Waals surface area contributed by atoms with Gasteiger partial charge in [0.05, 0.1) is 17.7 Å². The molecule has 0 aliphatic carbocycles. The van der Waals surface area contributed by atoms with Gasteiger partial charge in [0, 0.05) is 13.1 Å². The van der Waals surface area contributed by atoms with E-state index >= 15 is 0 Å². The minimum atomic E-state index is -0.933. The molecule has 0 aliphatic heterocycles. The van der Waals surface area contributed by atoms with Gasteiger partial charge in [0.2, 0.25) is 0 Å². The number of hydrogen-bond acceptors (Lipinski definition) is 5. The SMILES string of the molecule is C=C(CN)Cn1c(=O)c([N+](=O)[O-])cn(CCC)c1=O. The van der Waals surface area contributed by atoms with Gasteiger partial charge in [-0.3, -0.25) is 24.0 Å². The van der Waals surface area contributed by atoms with Crippen molar-refractivity contribution in [3.63, 3.8) is 0 Å². The van der Waals surface area contributed by atoms with Crippen LogP contribution in [0.1, 0.15) is 13.3 Å². The van der Waals surface area contributed by atoms with Crippen molar-refractivity contribution in [2.24, 2.45) is 5.73 Å². The first-order valence-electron chi connectivity index (χ1n) is 5.77. The zero-order valence-electron chi connectivity index (χ0n) is 10.7. The molecule has 0 bridgehead atoms. The van der Waals surface area contributed by atoms with Crippen LogP contribution in [-0.2, 0) is 13.1 Å². The summed E-state index contributed by atoms with van der Waals surface area (Å²) in [6, 6.07) is 0. The number of nitrogens with zero attached hydrogens (tertiary/aromatic N) is 3. The largest absolute Gasteiger partial charge is 0.350 e. The molecule has 8 heteroatoms. The molecule has 0 aromatic carbocycles. The second kappa shape index (κ2) is 6.10. The third-order valence-corrected chi connectivity index (χ3v) is 2.55. The zero-order chi connectivity index (χ0) is 14.6. The van der Waals surface area contributed by atoms with Gasteiger partial charge in [0.25, 0.3) is 0 Å². The van der Waals surface area contributed by atoms with Crippen LogP contribution >= 0.6 is 0 Å². The van der Waals surface area contributed by atoms with Crippen molar-refractivity contribution in [2.75, 3.05) is 6.54 Å². The molecule has 1 rings (SSSR count). The molecule has 0 saturated heterocycles. The van der Waals surface area contributed by atoms with E-state index in [4.69, 9.17) is 5.73 Å². The Morgan fingerprint density at radius 3 is 2.63 bits per heavy atom. The minimum Gasteiger partial charge on any atom is -0.327 e. The Hall–Kier alpha value is -2.22. The monoisotopic (exact) mass is 268 g/mol. The van der Waals surface area contributed by atoms with Gasteiger partial charge >= 0.3 is 16.9 Å². The van der Waals surface area contributed by atoms with Crippen LogP contribution in [0.2, 0.25) is 0 Å². The minimum absolute atomic E-state index is 0.0996. The summed E-state index contributed by atoms with van der Waals surface area (Å²) >= 11 is 0. The van der Waals surface area contributed by atoms with Crippen LogP contribution < -0.4 is 17.0 Å². The van der Waals surface area contributed by atoms with E-state index in [0.717, 1.165) is 15.3 Å². The third-order valence-electron chi connectivity index (χ3n) is 2.55. The van der Waals surface area contributed by atoms with E-state index in [1.807, 2.05) is 6.92 Å². The van der Waals surface area contributed by atoms with Gasteiger partial charge in [-0.25, -0.2) is 4.79 Å². The van der Waals surface area contributed by atoms with E-state index < -0.39 is 21.9 Å². The van der Waals surface area contributed by atoms with Gasteiger partial charge < -0.3 is 5.73 Å². The fraction of sp³-hybridized carbons (Fsp3) is 0.455. The summed E-state index contributed by atoms with van der Waals surface area (Å²) in [4.78, 5) is 33.9. The Labute approximate surface area is 108 Å². The first kappa shape index (κ1) is 14.8. The van der Waals surface area contributed by atoms with Crippen LogP contribution in [0.25, 0.3) is 0 Å². The predicted molar refractivity (Wildman–Crippen MR) is 70.1 cm³/mol. The number of hydrogen-bond donors (Lipinski definition) is 1. The molecule has 2 N–H and O–H groups in total. The highest BCUT2D eigenvalue weighted by molar-refractivity contribution is 5.22. The van der Waals surface area contributed by atoms with Crippen LogP contribution in [0, 0.1) is 10.1 Å². The highest BCUT2D eigenvalue weighted by atomic mass is 16.6. The van der Waals surface area contributed by atoms with E-state index in [1.54, 1.807) is 0 Å². The van der Waals surface area contributed by atoms with E-state index in [-0.39, 0.29) is 13.1 Å². The van der Waals surface area contributed by atoms with Gasteiger partial charge in [-0.05, 0) is 12.0 Å². The fourth-order valence-electron chi connectivity index (χ4n) is 1.59. The fourth-order valence-corrected chi connectivity index (χ4v) is 1.59. The predicted octanol–water partition coefficient (Wildman–Crippen LogP) is -0.157. The molecule has 0 atom stereocenters. The topological polar surface area (TPSA) is 113 Å². The standard InChI is InChI=1S/C11H16N4O4/c1-3-4-13-7-9(15(18)19)10(16)14(11(13)17)6-8(2)5-12/h7H,2-6,12H2,1H3. The summed E-state index contributed by atoms with van der Waals surface area (Å²) in [5, 5.41) is 10.8. The maximum atomic E-state index is 12.0. The Morgan fingerprint density at radius 2 is 2.16 bits per heavy atom. The van der Waals surface area contributed by atoms with E-state index in [9.17, 15) is 19.7 Å². The van der Waals surface area contributed by atoms with Crippen LogP contribution in [0.5, 0.6) is 0 Å². The lowest BCUT2D eigenvalue weighted by Gasteiger charge is -2.10. The molecule has 104 valence electrons. The number of aryl methyl sites for hydroxylation is 1. The number of nitro groups is 1. The molecule has 8 nitrogen and oxygen atoms in total. The second-order valence-corrected chi connectivity index (χ2v) is 4.09. The van der Waals surface area contributed by atoms with Gasteiger partial charge in [-0.1, -0.05) is 13.5 Å². The third kappa shape index (κ3) is 3.16. The quantitative estimate of drug-likeness (QED) is 0.437. The first-order valence-corrected chi connectivity index (χ1v) is 5.77. The first-order chi connectivity index (χ1) is 8.92. The lowest BCUT2D eigenvalue weighted by Crippen LogP contribution is -2.41. The zero-order valence-corrected chi connectivity index (χ0v) is 10.7. The normalized spacial score (nSPS) is 10.4. The molecular weight excluding hydrogens is 252 g/mol. The molecular formula is C11H16N4O4. The Bertz CT molecular complexity index is 614. The summed E-state index contributed by atoms with van der Waals surface area (Å²) in [6.45, 7) is 5.71. The van der Waals surface area contributed by atoms with Gasteiger partial charge in [0.15, 0.2) is 0 Å². The summed E-state index contributed by atoms with van der Waals surface area (Å²) in [5.74, 6) is 0.